The Morgan fingerprint density at radius 1 is 0.714 bits per heavy atom. The van der Waals surface area contributed by atoms with Crippen molar-refractivity contribution >= 4 is 17.5 Å². The Hall–Kier alpha value is -0.500. The fourth-order valence-corrected chi connectivity index (χ4v) is 4.65. The lowest BCUT2D eigenvalue weighted by Gasteiger charge is -2.11. The van der Waals surface area contributed by atoms with Gasteiger partial charge in [-0.15, -0.1) is 0 Å². The second-order valence-electron chi connectivity index (χ2n) is 7.85. The third kappa shape index (κ3) is 18.8. The molecule has 0 aromatic rings. The number of unbranched alkanes of at least 4 members (excludes halogenated alkanes) is 11. The summed E-state index contributed by atoms with van der Waals surface area (Å²) in [5.41, 5.74) is 0. The summed E-state index contributed by atoms with van der Waals surface area (Å²) in [5, 5.41) is 0.254. The number of carbonyl (C=O) groups excluding carboxylic acids is 1. The predicted octanol–water partition coefficient (Wildman–Crippen LogP) is 9.07. The molecule has 0 aliphatic carbocycles. The zero-order chi connectivity index (χ0) is 20.7. The Bertz CT molecular complexity index is 386. The van der Waals surface area contributed by atoms with Gasteiger partial charge in [0.15, 0.2) is 0 Å². The van der Waals surface area contributed by atoms with Crippen LogP contribution in [0.15, 0.2) is 24.3 Å². The van der Waals surface area contributed by atoms with E-state index in [0.717, 1.165) is 25.0 Å². The minimum Gasteiger partial charge on any atom is -0.298 e. The average Bonchev–Trinajstić information content (AvgIpc) is 2.72. The summed E-state index contributed by atoms with van der Waals surface area (Å²) >= 11 is 1.89. The number of hydrogen-bond acceptors (Lipinski definition) is 2. The topological polar surface area (TPSA) is 17.1 Å². The molecule has 0 aromatic carbocycles. The van der Waals surface area contributed by atoms with E-state index in [1.54, 1.807) is 0 Å². The zero-order valence-electron chi connectivity index (χ0n) is 19.2. The van der Waals surface area contributed by atoms with E-state index in [1.807, 2.05) is 18.7 Å². The van der Waals surface area contributed by atoms with E-state index in [0.29, 0.717) is 12.2 Å². The Morgan fingerprint density at radius 2 is 1.25 bits per heavy atom. The number of thioether (sulfide) groups is 1. The van der Waals surface area contributed by atoms with Gasteiger partial charge >= 0.3 is 0 Å². The summed E-state index contributed by atoms with van der Waals surface area (Å²) in [6.07, 6.45) is 29.6. The molecular formula is C26H48OS. The monoisotopic (exact) mass is 408 g/mol. The van der Waals surface area contributed by atoms with Gasteiger partial charge in [-0.3, -0.25) is 4.79 Å². The highest BCUT2D eigenvalue weighted by Crippen LogP contribution is 2.19. The van der Waals surface area contributed by atoms with Crippen LogP contribution in [0.5, 0.6) is 0 Å². The van der Waals surface area contributed by atoms with Crippen molar-refractivity contribution in [3.05, 3.63) is 24.3 Å². The molecular weight excluding hydrogens is 360 g/mol. The number of ketones is 1. The molecule has 1 atom stereocenters. The smallest absolute Gasteiger partial charge is 0.145 e. The van der Waals surface area contributed by atoms with Gasteiger partial charge in [0.25, 0.3) is 0 Å². The molecule has 2 heteroatoms. The van der Waals surface area contributed by atoms with Crippen molar-refractivity contribution in [2.45, 2.75) is 129 Å². The fraction of sp³-hybridized carbons (Fsp3) is 0.808. The minimum absolute atomic E-state index is 0.254. The summed E-state index contributed by atoms with van der Waals surface area (Å²) in [7, 11) is 0. The molecule has 0 aliphatic rings. The van der Waals surface area contributed by atoms with Crippen LogP contribution in [0.1, 0.15) is 124 Å². The molecule has 0 spiro atoms. The third-order valence-corrected chi connectivity index (χ3v) is 6.78. The van der Waals surface area contributed by atoms with Gasteiger partial charge < -0.3 is 0 Å². The molecule has 0 fully saturated rings. The highest BCUT2D eigenvalue weighted by molar-refractivity contribution is 8.00. The highest BCUT2D eigenvalue weighted by atomic mass is 32.2. The van der Waals surface area contributed by atoms with Gasteiger partial charge in [-0.1, -0.05) is 103 Å². The van der Waals surface area contributed by atoms with Gasteiger partial charge in [0.2, 0.25) is 0 Å². The van der Waals surface area contributed by atoms with Gasteiger partial charge in [-0.25, -0.2) is 0 Å². The number of Topliss-reactive ketones (excluding diaryl/α,β-unsaturated/α-hetero) is 1. The van der Waals surface area contributed by atoms with Crippen molar-refractivity contribution in [1.29, 1.82) is 0 Å². The molecule has 0 N–H and O–H groups in total. The molecule has 0 aromatic heterocycles. The van der Waals surface area contributed by atoms with E-state index in [4.69, 9.17) is 0 Å². The van der Waals surface area contributed by atoms with Gasteiger partial charge in [0.05, 0.1) is 5.25 Å². The first kappa shape index (κ1) is 27.5. The standard InChI is InChI=1S/C26H48OS/c1-4-7-8-9-10-11-12-13-14-15-16-17-18-19-20-21-22-23-24-28-26(6-3)25(27)5-2/h7-8,10-11,26H,4-6,9,12-24H2,1-3H3. The Morgan fingerprint density at radius 3 is 1.79 bits per heavy atom. The van der Waals surface area contributed by atoms with Crippen LogP contribution in [0.2, 0.25) is 0 Å². The van der Waals surface area contributed by atoms with E-state index in [1.165, 1.54) is 77.0 Å². The van der Waals surface area contributed by atoms with Crippen LogP contribution in [-0.2, 0) is 4.79 Å². The summed E-state index contributed by atoms with van der Waals surface area (Å²) < 4.78 is 0. The van der Waals surface area contributed by atoms with E-state index in [9.17, 15) is 4.79 Å². The molecule has 0 bridgehead atoms. The first-order chi connectivity index (χ1) is 13.8. The largest absolute Gasteiger partial charge is 0.298 e. The molecule has 0 saturated carbocycles. The maximum atomic E-state index is 11.7. The van der Waals surface area contributed by atoms with Crippen LogP contribution in [0, 0.1) is 0 Å². The molecule has 0 radical (unpaired) electrons. The van der Waals surface area contributed by atoms with E-state index in [-0.39, 0.29) is 5.25 Å². The number of allylic oxidation sites excluding steroid dienone is 4. The lowest BCUT2D eigenvalue weighted by molar-refractivity contribution is -0.118. The van der Waals surface area contributed by atoms with Crippen LogP contribution in [0.3, 0.4) is 0 Å². The maximum Gasteiger partial charge on any atom is 0.145 e. The zero-order valence-corrected chi connectivity index (χ0v) is 20.0. The van der Waals surface area contributed by atoms with Crippen molar-refractivity contribution in [2.75, 3.05) is 5.75 Å². The van der Waals surface area contributed by atoms with Crippen LogP contribution < -0.4 is 0 Å². The molecule has 28 heavy (non-hydrogen) atoms. The molecule has 0 amide bonds. The predicted molar refractivity (Wildman–Crippen MR) is 130 cm³/mol. The number of carbonyl (C=O) groups is 1. The van der Waals surface area contributed by atoms with Crippen LogP contribution in [0.4, 0.5) is 0 Å². The van der Waals surface area contributed by atoms with Gasteiger partial charge in [-0.2, -0.15) is 11.8 Å². The van der Waals surface area contributed by atoms with Gasteiger partial charge in [0.1, 0.15) is 5.78 Å². The first-order valence-electron chi connectivity index (χ1n) is 12.2. The summed E-state index contributed by atoms with van der Waals surface area (Å²) in [6, 6.07) is 0. The van der Waals surface area contributed by atoms with E-state index in [2.05, 4.69) is 38.2 Å². The molecule has 0 aliphatic heterocycles. The van der Waals surface area contributed by atoms with Crippen molar-refractivity contribution < 1.29 is 4.79 Å². The second-order valence-corrected chi connectivity index (χ2v) is 9.16. The Kier molecular flexibility index (Phi) is 22.4. The molecule has 164 valence electrons. The SMILES string of the molecule is CCC=CCC=CCCCCCCCCCCCCCSC(CC)C(=O)CC. The average molecular weight is 409 g/mol. The number of hydrogen-bond donors (Lipinski definition) is 0. The van der Waals surface area contributed by atoms with Crippen LogP contribution in [-0.4, -0.2) is 16.8 Å². The maximum absolute atomic E-state index is 11.7. The summed E-state index contributed by atoms with van der Waals surface area (Å²) in [4.78, 5) is 11.7. The normalized spacial score (nSPS) is 13.0. The molecule has 0 heterocycles. The lowest BCUT2D eigenvalue weighted by Crippen LogP contribution is -2.15. The Balaban J connectivity index is 3.23. The molecule has 0 saturated heterocycles. The fourth-order valence-electron chi connectivity index (χ4n) is 3.40. The molecule has 0 rings (SSSR count). The van der Waals surface area contributed by atoms with Gasteiger partial charge in [0, 0.05) is 6.42 Å². The molecule has 1 nitrogen and oxygen atoms in total. The third-order valence-electron chi connectivity index (χ3n) is 5.25. The van der Waals surface area contributed by atoms with E-state index >= 15 is 0 Å². The molecule has 1 unspecified atom stereocenters. The van der Waals surface area contributed by atoms with Crippen LogP contribution >= 0.6 is 11.8 Å². The second kappa shape index (κ2) is 22.8. The van der Waals surface area contributed by atoms with Crippen LogP contribution in [0.25, 0.3) is 0 Å². The Labute approximate surface area is 181 Å². The highest BCUT2D eigenvalue weighted by Gasteiger charge is 2.13. The number of rotatable bonds is 21. The quantitative estimate of drug-likeness (QED) is 0.139. The van der Waals surface area contributed by atoms with E-state index < -0.39 is 0 Å². The minimum atomic E-state index is 0.254. The summed E-state index contributed by atoms with van der Waals surface area (Å²) in [6.45, 7) is 6.30. The van der Waals surface area contributed by atoms with Crippen molar-refractivity contribution in [1.82, 2.24) is 0 Å². The van der Waals surface area contributed by atoms with Crippen molar-refractivity contribution in [2.24, 2.45) is 0 Å². The van der Waals surface area contributed by atoms with Crippen molar-refractivity contribution in [3.8, 4) is 0 Å². The van der Waals surface area contributed by atoms with Crippen molar-refractivity contribution in [3.63, 3.8) is 0 Å². The summed E-state index contributed by atoms with van der Waals surface area (Å²) in [5.74, 6) is 1.60. The first-order valence-corrected chi connectivity index (χ1v) is 13.2. The van der Waals surface area contributed by atoms with Gasteiger partial charge in [-0.05, 0) is 44.3 Å². The lowest BCUT2D eigenvalue weighted by atomic mass is 10.1.